The van der Waals surface area contributed by atoms with Crippen molar-refractivity contribution in [3.05, 3.63) is 89.0 Å². The quantitative estimate of drug-likeness (QED) is 0.141. The van der Waals surface area contributed by atoms with Gasteiger partial charge in [-0.05, 0) is 49.7 Å². The first-order chi connectivity index (χ1) is 19.3. The summed E-state index contributed by atoms with van der Waals surface area (Å²) in [6.07, 6.45) is 6.63. The van der Waals surface area contributed by atoms with Crippen LogP contribution < -0.4 is 16.4 Å². The maximum absolute atomic E-state index is 15.0. The van der Waals surface area contributed by atoms with Crippen LogP contribution in [-0.4, -0.2) is 45.3 Å². The van der Waals surface area contributed by atoms with E-state index in [0.29, 0.717) is 11.2 Å². The number of nitrogens with zero attached hydrogens (tertiary/aromatic N) is 4. The van der Waals surface area contributed by atoms with Crippen molar-refractivity contribution in [2.24, 2.45) is 10.7 Å². The lowest BCUT2D eigenvalue weighted by atomic mass is 10.0. The van der Waals surface area contributed by atoms with Crippen LogP contribution in [0.3, 0.4) is 0 Å². The molecule has 1 aliphatic rings. The van der Waals surface area contributed by atoms with Gasteiger partial charge in [0.2, 0.25) is 5.95 Å². The van der Waals surface area contributed by atoms with Crippen LogP contribution in [0.1, 0.15) is 40.7 Å². The van der Waals surface area contributed by atoms with Gasteiger partial charge in [-0.15, -0.1) is 0 Å². The summed E-state index contributed by atoms with van der Waals surface area (Å²) in [6, 6.07) is 6.19. The van der Waals surface area contributed by atoms with Crippen molar-refractivity contribution in [1.82, 2.24) is 25.3 Å². The Morgan fingerprint density at radius 2 is 1.95 bits per heavy atom. The third-order valence-corrected chi connectivity index (χ3v) is 6.84. The number of H-pyrrole nitrogens is 1. The zero-order chi connectivity index (χ0) is 28.1. The molecule has 1 saturated heterocycles. The molecule has 8 nitrogen and oxygen atoms in total. The molecule has 208 valence electrons. The average Bonchev–Trinajstić information content (AvgIpc) is 3.36. The Kier molecular flexibility index (Phi) is 8.06. The van der Waals surface area contributed by atoms with Crippen LogP contribution in [0.25, 0.3) is 16.6 Å². The number of anilines is 1. The molecule has 12 heteroatoms. The van der Waals surface area contributed by atoms with Crippen LogP contribution in [0, 0.1) is 5.95 Å². The first-order valence-corrected chi connectivity index (χ1v) is 12.8. The molecule has 1 fully saturated rings. The summed E-state index contributed by atoms with van der Waals surface area (Å²) in [6.45, 7) is 1.68. The summed E-state index contributed by atoms with van der Waals surface area (Å²) in [5, 5.41) is 6.88. The molecule has 0 aromatic carbocycles. The topological polar surface area (TPSA) is 117 Å². The molecule has 1 aliphatic heterocycles. The van der Waals surface area contributed by atoms with Gasteiger partial charge in [-0.3, -0.25) is 9.98 Å². The molecule has 4 aromatic heterocycles. The number of halogens is 4. The maximum Gasteiger partial charge on any atom is 0.416 e. The minimum absolute atomic E-state index is 0.0601. The van der Waals surface area contributed by atoms with Crippen LogP contribution in [-0.2, 0) is 19.1 Å². The van der Waals surface area contributed by atoms with Crippen LogP contribution in [0.2, 0.25) is 0 Å². The summed E-state index contributed by atoms with van der Waals surface area (Å²) in [7, 11) is 0. The Hall–Kier alpha value is -4.32. The van der Waals surface area contributed by atoms with Crippen molar-refractivity contribution in [2.75, 3.05) is 18.4 Å². The second-order valence-corrected chi connectivity index (χ2v) is 9.52. The molecule has 5 N–H and O–H groups in total. The number of fused-ring (bicyclic) bond motifs is 1. The third-order valence-electron chi connectivity index (χ3n) is 6.84. The molecule has 0 unspecified atom stereocenters. The van der Waals surface area contributed by atoms with Gasteiger partial charge in [0.25, 0.3) is 0 Å². The van der Waals surface area contributed by atoms with Gasteiger partial charge in [-0.25, -0.2) is 9.97 Å². The Morgan fingerprint density at radius 1 is 1.12 bits per heavy atom. The lowest BCUT2D eigenvalue weighted by Gasteiger charge is -2.18. The van der Waals surface area contributed by atoms with Crippen molar-refractivity contribution in [1.29, 1.82) is 0 Å². The molecule has 0 bridgehead atoms. The number of alkyl halides is 3. The predicted molar refractivity (Wildman–Crippen MR) is 146 cm³/mol. The van der Waals surface area contributed by atoms with Crippen LogP contribution in [0.4, 0.5) is 23.4 Å². The molecule has 0 aliphatic carbocycles. The molecule has 4 aromatic rings. The molecule has 40 heavy (non-hydrogen) atoms. The van der Waals surface area contributed by atoms with Gasteiger partial charge in [-0.2, -0.15) is 17.6 Å². The number of allylic oxidation sites excluding steroid dienone is 1. The Balaban J connectivity index is 1.31. The second-order valence-electron chi connectivity index (χ2n) is 9.52. The highest BCUT2D eigenvalue weighted by molar-refractivity contribution is 6.10. The molecule has 0 saturated carbocycles. The zero-order valence-electron chi connectivity index (χ0n) is 21.5. The highest BCUT2D eigenvalue weighted by atomic mass is 19.4. The van der Waals surface area contributed by atoms with Gasteiger partial charge in [0.1, 0.15) is 11.5 Å². The third kappa shape index (κ3) is 6.28. The fourth-order valence-electron chi connectivity index (χ4n) is 4.65. The van der Waals surface area contributed by atoms with E-state index in [9.17, 15) is 17.6 Å². The zero-order valence-corrected chi connectivity index (χ0v) is 21.5. The number of hydrogen-bond donors (Lipinski definition) is 4. The summed E-state index contributed by atoms with van der Waals surface area (Å²) in [5.41, 5.74) is 8.36. The minimum Gasteiger partial charge on any atom is -0.404 e. The number of aliphatic imine (C=N–C) groups is 1. The Bertz CT molecular complexity index is 1540. The van der Waals surface area contributed by atoms with Gasteiger partial charge >= 0.3 is 6.18 Å². The largest absolute Gasteiger partial charge is 0.416 e. The number of hydrogen-bond acceptors (Lipinski definition) is 7. The summed E-state index contributed by atoms with van der Waals surface area (Å²) >= 11 is 0. The summed E-state index contributed by atoms with van der Waals surface area (Å²) in [4.78, 5) is 20.0. The van der Waals surface area contributed by atoms with Gasteiger partial charge in [0.05, 0.1) is 11.6 Å². The van der Waals surface area contributed by atoms with Crippen molar-refractivity contribution >= 4 is 28.6 Å². The number of aromatic amines is 1. The number of nitrogens with one attached hydrogen (secondary N) is 3. The van der Waals surface area contributed by atoms with Crippen LogP contribution in [0.5, 0.6) is 0 Å². The standard InChI is InChI=1S/C28H28F4N8/c29-26-17(1-2-25(40-26)37-16-21-12-35-8-5-24(21)28(30,31)32)9-19-14-39-27-23(19)10-18(13-38-27)20(11-33)15-36-22-3-6-34-7-4-22/h1-2,5,8,10-15,22,34H,3-4,6-7,9,16,33H2,(H,37,40)(H,38,39). The van der Waals surface area contributed by atoms with E-state index in [1.54, 1.807) is 24.7 Å². The lowest BCUT2D eigenvalue weighted by molar-refractivity contribution is -0.138. The maximum atomic E-state index is 15.0. The SMILES string of the molecule is NC=C(C=NC1CCNCC1)c1cnc2[nH]cc(Cc3ccc(NCc4cnccc4C(F)(F)F)nc3F)c2c1. The van der Waals surface area contributed by atoms with E-state index in [0.717, 1.165) is 66.5 Å². The molecule has 0 radical (unpaired) electrons. The van der Waals surface area contributed by atoms with Crippen molar-refractivity contribution in [3.8, 4) is 0 Å². The lowest BCUT2D eigenvalue weighted by Crippen LogP contribution is -2.29. The van der Waals surface area contributed by atoms with Crippen LogP contribution >= 0.6 is 0 Å². The smallest absolute Gasteiger partial charge is 0.404 e. The summed E-state index contributed by atoms with van der Waals surface area (Å²) < 4.78 is 54.7. The van der Waals surface area contributed by atoms with E-state index in [2.05, 4.69) is 35.6 Å². The molecule has 0 amide bonds. The Morgan fingerprint density at radius 3 is 2.70 bits per heavy atom. The normalized spacial score (nSPS) is 15.2. The molecule has 5 heterocycles. The molecular formula is C28H28F4N8. The van der Waals surface area contributed by atoms with E-state index in [1.807, 2.05) is 6.07 Å². The van der Waals surface area contributed by atoms with E-state index in [-0.39, 0.29) is 30.4 Å². The highest BCUT2D eigenvalue weighted by Gasteiger charge is 2.33. The minimum atomic E-state index is -4.52. The number of piperidine rings is 1. The monoisotopic (exact) mass is 552 g/mol. The first kappa shape index (κ1) is 27.3. The fraction of sp³-hybridized carbons (Fsp3) is 0.286. The van der Waals surface area contributed by atoms with Gasteiger partial charge in [-0.1, -0.05) is 6.07 Å². The van der Waals surface area contributed by atoms with Crippen LogP contribution in [0.15, 0.2) is 60.2 Å². The van der Waals surface area contributed by atoms with Crippen molar-refractivity contribution in [3.63, 3.8) is 0 Å². The average molecular weight is 553 g/mol. The summed E-state index contributed by atoms with van der Waals surface area (Å²) in [5.74, 6) is -0.603. The van der Waals surface area contributed by atoms with E-state index >= 15 is 0 Å². The first-order valence-electron chi connectivity index (χ1n) is 12.8. The number of nitrogens with two attached hydrogens (primary N) is 1. The van der Waals surface area contributed by atoms with E-state index < -0.39 is 17.7 Å². The molecule has 5 rings (SSSR count). The van der Waals surface area contributed by atoms with E-state index in [1.165, 1.54) is 12.3 Å². The number of aromatic nitrogens is 4. The highest BCUT2D eigenvalue weighted by Crippen LogP contribution is 2.32. The molecular weight excluding hydrogens is 524 g/mol. The van der Waals surface area contributed by atoms with Crippen molar-refractivity contribution in [2.45, 2.75) is 38.0 Å². The predicted octanol–water partition coefficient (Wildman–Crippen LogP) is 4.84. The Labute approximate surface area is 227 Å². The number of pyridine rings is 3. The molecule has 0 atom stereocenters. The van der Waals surface area contributed by atoms with Crippen molar-refractivity contribution < 1.29 is 17.6 Å². The van der Waals surface area contributed by atoms with Gasteiger partial charge < -0.3 is 21.4 Å². The van der Waals surface area contributed by atoms with Gasteiger partial charge in [0, 0.05) is 77.8 Å². The second kappa shape index (κ2) is 11.8. The van der Waals surface area contributed by atoms with Gasteiger partial charge in [0.15, 0.2) is 0 Å². The fourth-order valence-corrected chi connectivity index (χ4v) is 4.65. The number of rotatable bonds is 8. The molecule has 0 spiro atoms. The van der Waals surface area contributed by atoms with E-state index in [4.69, 9.17) is 5.73 Å².